The number of hydrogen-bond donors (Lipinski definition) is 1. The summed E-state index contributed by atoms with van der Waals surface area (Å²) in [5.74, 6) is 0. The molecule has 0 bridgehead atoms. The highest BCUT2D eigenvalue weighted by Gasteiger charge is 2.19. The van der Waals surface area contributed by atoms with Gasteiger partial charge in [-0.2, -0.15) is 0 Å². The fourth-order valence-corrected chi connectivity index (χ4v) is 2.86. The summed E-state index contributed by atoms with van der Waals surface area (Å²) in [7, 11) is 0. The molecule has 3 heteroatoms. The number of nitrogens with one attached hydrogen (secondary N) is 1. The smallest absolute Gasteiger partial charge is 0.0591 e. The predicted molar refractivity (Wildman–Crippen MR) is 78.6 cm³/mol. The van der Waals surface area contributed by atoms with Crippen molar-refractivity contribution in [1.29, 1.82) is 0 Å². The Morgan fingerprint density at radius 2 is 2.06 bits per heavy atom. The number of hydrogen-bond acceptors (Lipinski definition) is 3. The molecule has 0 aromatic carbocycles. The van der Waals surface area contributed by atoms with Crippen LogP contribution in [0.15, 0.2) is 12.1 Å². The summed E-state index contributed by atoms with van der Waals surface area (Å²) in [5, 5.41) is 3.46. The highest BCUT2D eigenvalue weighted by molar-refractivity contribution is 7.12. The van der Waals surface area contributed by atoms with Gasteiger partial charge < -0.3 is 10.1 Å². The molecule has 1 N–H and O–H groups in total. The first-order valence-corrected chi connectivity index (χ1v) is 7.78. The van der Waals surface area contributed by atoms with Crippen LogP contribution in [-0.4, -0.2) is 25.8 Å². The number of ether oxygens (including phenoxy) is 1. The third-order valence-electron chi connectivity index (χ3n) is 3.15. The third-order valence-corrected chi connectivity index (χ3v) is 4.72. The Hall–Kier alpha value is -0.380. The van der Waals surface area contributed by atoms with Gasteiger partial charge in [-0.25, -0.2) is 0 Å². The van der Waals surface area contributed by atoms with Crippen molar-refractivity contribution in [2.75, 3.05) is 19.8 Å². The van der Waals surface area contributed by atoms with E-state index in [1.807, 2.05) is 11.3 Å². The second-order valence-corrected chi connectivity index (χ2v) is 7.28. The van der Waals surface area contributed by atoms with Gasteiger partial charge in [0.1, 0.15) is 0 Å². The molecule has 0 atom stereocenters. The maximum atomic E-state index is 5.65. The molecule has 2 nitrogen and oxygen atoms in total. The van der Waals surface area contributed by atoms with Gasteiger partial charge in [0.05, 0.1) is 13.2 Å². The van der Waals surface area contributed by atoms with Gasteiger partial charge in [-0.1, -0.05) is 20.8 Å². The van der Waals surface area contributed by atoms with Crippen LogP contribution in [-0.2, 0) is 16.6 Å². The molecular formula is C15H25NOS. The zero-order chi connectivity index (χ0) is 13.0. The molecule has 0 aliphatic heterocycles. The van der Waals surface area contributed by atoms with Crippen molar-refractivity contribution in [2.24, 2.45) is 0 Å². The minimum absolute atomic E-state index is 0.276. The zero-order valence-corrected chi connectivity index (χ0v) is 12.6. The zero-order valence-electron chi connectivity index (χ0n) is 11.8. The topological polar surface area (TPSA) is 21.3 Å². The summed E-state index contributed by atoms with van der Waals surface area (Å²) in [4.78, 5) is 2.91. The number of rotatable bonds is 7. The van der Waals surface area contributed by atoms with Crippen LogP contribution in [0.4, 0.5) is 0 Å². The largest absolute Gasteiger partial charge is 0.380 e. The normalized spacial score (nSPS) is 16.2. The van der Waals surface area contributed by atoms with Crippen molar-refractivity contribution in [2.45, 2.75) is 51.5 Å². The fraction of sp³-hybridized carbons (Fsp3) is 0.733. The van der Waals surface area contributed by atoms with Crippen LogP contribution >= 0.6 is 11.3 Å². The van der Waals surface area contributed by atoms with Crippen LogP contribution in [0.25, 0.3) is 0 Å². The average Bonchev–Trinajstić information content (AvgIpc) is 2.98. The third kappa shape index (κ3) is 4.71. The molecular weight excluding hydrogens is 242 g/mol. The molecule has 2 rings (SSSR count). The molecule has 0 saturated heterocycles. The molecule has 0 radical (unpaired) electrons. The molecule has 1 saturated carbocycles. The molecule has 102 valence electrons. The predicted octanol–water partition coefficient (Wildman–Crippen LogP) is 3.36. The first kappa shape index (κ1) is 14.0. The van der Waals surface area contributed by atoms with Gasteiger partial charge in [0, 0.05) is 28.8 Å². The van der Waals surface area contributed by atoms with Gasteiger partial charge >= 0.3 is 0 Å². The maximum absolute atomic E-state index is 5.65. The summed E-state index contributed by atoms with van der Waals surface area (Å²) < 4.78 is 5.65. The summed E-state index contributed by atoms with van der Waals surface area (Å²) in [6, 6.07) is 5.30. The Balaban J connectivity index is 1.59. The lowest BCUT2D eigenvalue weighted by Gasteiger charge is -2.15. The molecule has 1 aromatic heterocycles. The molecule has 1 fully saturated rings. The second-order valence-electron chi connectivity index (χ2n) is 6.11. The van der Waals surface area contributed by atoms with Crippen LogP contribution < -0.4 is 5.32 Å². The highest BCUT2D eigenvalue weighted by atomic mass is 32.1. The average molecular weight is 267 g/mol. The number of thiophene rings is 1. The summed E-state index contributed by atoms with van der Waals surface area (Å²) >= 11 is 1.92. The molecule has 0 amide bonds. The van der Waals surface area contributed by atoms with E-state index in [-0.39, 0.29) is 5.41 Å². The van der Waals surface area contributed by atoms with Gasteiger partial charge in [-0.3, -0.25) is 0 Å². The van der Waals surface area contributed by atoms with Crippen LogP contribution in [0.1, 0.15) is 43.4 Å². The lowest BCUT2D eigenvalue weighted by molar-refractivity contribution is 0.139. The Kier molecular flexibility index (Phi) is 4.82. The van der Waals surface area contributed by atoms with Crippen molar-refractivity contribution < 1.29 is 4.74 Å². The fourth-order valence-electron chi connectivity index (χ4n) is 1.81. The standard InChI is InChI=1S/C15H25NOS/c1-15(2,3)14-7-6-13(18-14)8-10-17-11-9-16-12-4-5-12/h6-7,12,16H,4-5,8-11H2,1-3H3. The maximum Gasteiger partial charge on any atom is 0.0591 e. The van der Waals surface area contributed by atoms with E-state index in [0.717, 1.165) is 32.2 Å². The second kappa shape index (κ2) is 6.18. The van der Waals surface area contributed by atoms with Crippen LogP contribution in [0, 0.1) is 0 Å². The van der Waals surface area contributed by atoms with Gasteiger partial charge in [0.15, 0.2) is 0 Å². The Morgan fingerprint density at radius 3 is 2.67 bits per heavy atom. The molecule has 0 spiro atoms. The molecule has 1 aliphatic carbocycles. The van der Waals surface area contributed by atoms with Crippen molar-refractivity contribution in [3.05, 3.63) is 21.9 Å². The highest BCUT2D eigenvalue weighted by Crippen LogP contribution is 2.29. The van der Waals surface area contributed by atoms with Gasteiger partial charge in [-0.15, -0.1) is 11.3 Å². The Morgan fingerprint density at radius 1 is 1.28 bits per heavy atom. The first-order valence-electron chi connectivity index (χ1n) is 6.96. The molecule has 1 heterocycles. The minimum atomic E-state index is 0.276. The van der Waals surface area contributed by atoms with E-state index in [1.165, 1.54) is 22.6 Å². The summed E-state index contributed by atoms with van der Waals surface area (Å²) in [6.07, 6.45) is 3.75. The van der Waals surface area contributed by atoms with Crippen LogP contribution in [0.3, 0.4) is 0 Å². The van der Waals surface area contributed by atoms with Gasteiger partial charge in [0.2, 0.25) is 0 Å². The van der Waals surface area contributed by atoms with E-state index in [9.17, 15) is 0 Å². The van der Waals surface area contributed by atoms with E-state index in [1.54, 1.807) is 0 Å². The lowest BCUT2D eigenvalue weighted by atomic mass is 9.95. The van der Waals surface area contributed by atoms with Crippen LogP contribution in [0.5, 0.6) is 0 Å². The molecule has 0 unspecified atom stereocenters. The Labute approximate surface area is 115 Å². The minimum Gasteiger partial charge on any atom is -0.380 e. The summed E-state index contributed by atoms with van der Waals surface area (Å²) in [6.45, 7) is 9.49. The van der Waals surface area contributed by atoms with Gasteiger partial charge in [0.25, 0.3) is 0 Å². The van der Waals surface area contributed by atoms with E-state index >= 15 is 0 Å². The van der Waals surface area contributed by atoms with Crippen molar-refractivity contribution >= 4 is 11.3 Å². The Bertz CT molecular complexity index is 363. The summed E-state index contributed by atoms with van der Waals surface area (Å²) in [5.41, 5.74) is 0.276. The molecule has 1 aromatic rings. The van der Waals surface area contributed by atoms with E-state index < -0.39 is 0 Å². The monoisotopic (exact) mass is 267 g/mol. The van der Waals surface area contributed by atoms with Gasteiger partial charge in [-0.05, 0) is 30.4 Å². The van der Waals surface area contributed by atoms with E-state index in [0.29, 0.717) is 0 Å². The van der Waals surface area contributed by atoms with Crippen molar-refractivity contribution in [1.82, 2.24) is 5.32 Å². The van der Waals surface area contributed by atoms with E-state index in [2.05, 4.69) is 38.2 Å². The van der Waals surface area contributed by atoms with Crippen molar-refractivity contribution in [3.8, 4) is 0 Å². The first-order chi connectivity index (χ1) is 8.55. The molecule has 1 aliphatic rings. The SMILES string of the molecule is CC(C)(C)c1ccc(CCOCCNC2CC2)s1. The quantitative estimate of drug-likeness (QED) is 0.765. The lowest BCUT2D eigenvalue weighted by Crippen LogP contribution is -2.22. The molecule has 18 heavy (non-hydrogen) atoms. The van der Waals surface area contributed by atoms with E-state index in [4.69, 9.17) is 4.74 Å². The van der Waals surface area contributed by atoms with Crippen LogP contribution in [0.2, 0.25) is 0 Å². The van der Waals surface area contributed by atoms with Crippen molar-refractivity contribution in [3.63, 3.8) is 0 Å².